The van der Waals surface area contributed by atoms with Crippen LogP contribution in [0.15, 0.2) is 47.3 Å². The Morgan fingerprint density at radius 2 is 1.93 bits per heavy atom. The molecule has 0 aliphatic carbocycles. The molecule has 0 N–H and O–H groups in total. The van der Waals surface area contributed by atoms with E-state index in [1.54, 1.807) is 20.3 Å². The van der Waals surface area contributed by atoms with Crippen LogP contribution in [0, 0.1) is 6.92 Å². The van der Waals surface area contributed by atoms with Crippen LogP contribution in [0.1, 0.15) is 11.1 Å². The van der Waals surface area contributed by atoms with Crippen LogP contribution in [-0.4, -0.2) is 28.8 Å². The van der Waals surface area contributed by atoms with Crippen LogP contribution in [0.2, 0.25) is 0 Å². The number of hydrogen-bond acceptors (Lipinski definition) is 6. The van der Waals surface area contributed by atoms with Gasteiger partial charge < -0.3 is 9.47 Å². The number of benzene rings is 2. The van der Waals surface area contributed by atoms with Crippen molar-refractivity contribution >= 4 is 22.4 Å². The molecule has 27 heavy (non-hydrogen) atoms. The predicted octanol–water partition coefficient (Wildman–Crippen LogP) is 2.69. The minimum atomic E-state index is -0.203. The van der Waals surface area contributed by atoms with E-state index in [-0.39, 0.29) is 5.56 Å². The van der Waals surface area contributed by atoms with Gasteiger partial charge in [-0.3, -0.25) is 4.79 Å². The van der Waals surface area contributed by atoms with Gasteiger partial charge in [-0.2, -0.15) is 9.50 Å². The molecule has 2 aromatic heterocycles. The zero-order valence-corrected chi connectivity index (χ0v) is 15.9. The van der Waals surface area contributed by atoms with Crippen molar-refractivity contribution < 1.29 is 9.47 Å². The lowest BCUT2D eigenvalue weighted by Gasteiger charge is -2.09. The molecule has 0 atom stereocenters. The standard InChI is InChI=1S/C20H17N3O3S/c1-12-6-4-8-14(10-12)18-21-20-23(22-18)19(24)16(27-20)11-13-7-5-9-15(25-2)17(13)26-3/h4-11H,1-3H3/b16-11+. The lowest BCUT2D eigenvalue weighted by Crippen LogP contribution is -2.23. The van der Waals surface area contributed by atoms with Gasteiger partial charge >= 0.3 is 0 Å². The molecule has 0 unspecified atom stereocenters. The molecule has 0 fully saturated rings. The van der Waals surface area contributed by atoms with Crippen LogP contribution in [0.25, 0.3) is 22.4 Å². The molecular formula is C20H17N3O3S. The molecule has 0 radical (unpaired) electrons. The average Bonchev–Trinajstić information content (AvgIpc) is 3.21. The largest absolute Gasteiger partial charge is 0.493 e. The first-order chi connectivity index (χ1) is 13.1. The number of methoxy groups -OCH3 is 2. The molecule has 0 saturated carbocycles. The molecule has 136 valence electrons. The van der Waals surface area contributed by atoms with E-state index in [2.05, 4.69) is 10.1 Å². The molecule has 0 saturated heterocycles. The lowest BCUT2D eigenvalue weighted by atomic mass is 10.1. The van der Waals surface area contributed by atoms with Crippen LogP contribution >= 0.6 is 11.3 Å². The van der Waals surface area contributed by atoms with E-state index in [4.69, 9.17) is 9.47 Å². The second kappa shape index (κ2) is 6.85. The molecule has 2 aromatic carbocycles. The van der Waals surface area contributed by atoms with Crippen molar-refractivity contribution in [2.75, 3.05) is 14.2 Å². The second-order valence-corrected chi connectivity index (χ2v) is 7.01. The summed E-state index contributed by atoms with van der Waals surface area (Å²) in [7, 11) is 3.15. The van der Waals surface area contributed by atoms with Gasteiger partial charge in [-0.05, 0) is 25.1 Å². The van der Waals surface area contributed by atoms with Gasteiger partial charge in [0.05, 0.1) is 18.8 Å². The summed E-state index contributed by atoms with van der Waals surface area (Å²) >= 11 is 1.30. The number of hydrogen-bond donors (Lipinski definition) is 0. The molecule has 4 rings (SSSR count). The quantitative estimate of drug-likeness (QED) is 0.545. The third-order valence-electron chi connectivity index (χ3n) is 4.18. The minimum absolute atomic E-state index is 0.203. The van der Waals surface area contributed by atoms with E-state index < -0.39 is 0 Å². The Morgan fingerprint density at radius 3 is 2.63 bits per heavy atom. The Kier molecular flexibility index (Phi) is 4.37. The van der Waals surface area contributed by atoms with E-state index in [0.717, 1.165) is 16.7 Å². The summed E-state index contributed by atoms with van der Waals surface area (Å²) in [6.07, 6.45) is 1.77. The summed E-state index contributed by atoms with van der Waals surface area (Å²) in [6, 6.07) is 13.4. The Labute approximate surface area is 159 Å². The highest BCUT2D eigenvalue weighted by Gasteiger charge is 2.13. The third-order valence-corrected chi connectivity index (χ3v) is 5.14. The molecule has 7 heteroatoms. The highest BCUT2D eigenvalue weighted by molar-refractivity contribution is 7.15. The number of rotatable bonds is 4. The highest BCUT2D eigenvalue weighted by atomic mass is 32.1. The van der Waals surface area contributed by atoms with Gasteiger partial charge in [0, 0.05) is 11.1 Å². The van der Waals surface area contributed by atoms with E-state index >= 15 is 0 Å². The molecule has 0 aliphatic rings. The fourth-order valence-electron chi connectivity index (χ4n) is 2.91. The third kappa shape index (κ3) is 3.06. The van der Waals surface area contributed by atoms with Crippen LogP contribution in [0.4, 0.5) is 0 Å². The fraction of sp³-hybridized carbons (Fsp3) is 0.150. The Balaban J connectivity index is 1.83. The van der Waals surface area contributed by atoms with E-state index in [1.165, 1.54) is 15.9 Å². The first-order valence-corrected chi connectivity index (χ1v) is 9.11. The minimum Gasteiger partial charge on any atom is -0.493 e. The molecule has 0 spiro atoms. The van der Waals surface area contributed by atoms with Crippen molar-refractivity contribution in [1.29, 1.82) is 0 Å². The van der Waals surface area contributed by atoms with Crippen molar-refractivity contribution in [3.63, 3.8) is 0 Å². The van der Waals surface area contributed by atoms with Gasteiger partial charge in [0.25, 0.3) is 5.56 Å². The summed E-state index contributed by atoms with van der Waals surface area (Å²) in [5.41, 5.74) is 2.57. The summed E-state index contributed by atoms with van der Waals surface area (Å²) < 4.78 is 12.6. The monoisotopic (exact) mass is 379 g/mol. The van der Waals surface area contributed by atoms with Crippen LogP contribution in [0.3, 0.4) is 0 Å². The Morgan fingerprint density at radius 1 is 1.11 bits per heavy atom. The van der Waals surface area contributed by atoms with Gasteiger partial charge in [-0.15, -0.1) is 5.10 Å². The molecule has 0 bridgehead atoms. The summed E-state index contributed by atoms with van der Waals surface area (Å²) in [5, 5.41) is 4.39. The van der Waals surface area contributed by atoms with Gasteiger partial charge in [0.2, 0.25) is 4.96 Å². The summed E-state index contributed by atoms with van der Waals surface area (Å²) in [5.74, 6) is 1.74. The fourth-order valence-corrected chi connectivity index (χ4v) is 3.81. The number of thiazole rings is 1. The van der Waals surface area contributed by atoms with Crippen LogP contribution in [-0.2, 0) is 0 Å². The zero-order valence-electron chi connectivity index (χ0n) is 15.1. The number of fused-ring (bicyclic) bond motifs is 1. The van der Waals surface area contributed by atoms with Crippen LogP contribution < -0.4 is 19.6 Å². The maximum absolute atomic E-state index is 12.8. The smallest absolute Gasteiger partial charge is 0.291 e. The second-order valence-electron chi connectivity index (χ2n) is 6.00. The predicted molar refractivity (Wildman–Crippen MR) is 106 cm³/mol. The molecule has 2 heterocycles. The van der Waals surface area contributed by atoms with Gasteiger partial charge in [-0.1, -0.05) is 47.2 Å². The Hall–Kier alpha value is -3.19. The maximum Gasteiger partial charge on any atom is 0.291 e. The van der Waals surface area contributed by atoms with Crippen molar-refractivity contribution in [1.82, 2.24) is 14.6 Å². The SMILES string of the molecule is COc1cccc(/C=c2/sc3nc(-c4cccc(C)c4)nn3c2=O)c1OC. The first-order valence-electron chi connectivity index (χ1n) is 8.30. The normalized spacial score (nSPS) is 11.9. The number of nitrogens with zero attached hydrogens (tertiary/aromatic N) is 3. The Bertz CT molecular complexity index is 1240. The van der Waals surface area contributed by atoms with Gasteiger partial charge in [-0.25, -0.2) is 0 Å². The first kappa shape index (κ1) is 17.2. The van der Waals surface area contributed by atoms with E-state index in [9.17, 15) is 4.79 Å². The molecular weight excluding hydrogens is 362 g/mol. The van der Waals surface area contributed by atoms with Gasteiger partial charge in [0.15, 0.2) is 17.3 Å². The number of ether oxygens (including phenoxy) is 2. The maximum atomic E-state index is 12.8. The average molecular weight is 379 g/mol. The zero-order chi connectivity index (χ0) is 19.0. The molecule has 4 aromatic rings. The van der Waals surface area contributed by atoms with Crippen molar-refractivity contribution in [2.45, 2.75) is 6.92 Å². The summed E-state index contributed by atoms with van der Waals surface area (Å²) in [6.45, 7) is 2.01. The van der Waals surface area contributed by atoms with E-state index in [1.807, 2.05) is 49.4 Å². The van der Waals surface area contributed by atoms with Crippen molar-refractivity contribution in [2.24, 2.45) is 0 Å². The van der Waals surface area contributed by atoms with Crippen LogP contribution in [0.5, 0.6) is 11.5 Å². The lowest BCUT2D eigenvalue weighted by molar-refractivity contribution is 0.354. The topological polar surface area (TPSA) is 65.7 Å². The number of aryl methyl sites for hydroxylation is 1. The number of para-hydroxylation sites is 1. The van der Waals surface area contributed by atoms with Crippen molar-refractivity contribution in [3.8, 4) is 22.9 Å². The molecule has 0 amide bonds. The molecule has 0 aliphatic heterocycles. The highest BCUT2D eigenvalue weighted by Crippen LogP contribution is 2.31. The summed E-state index contributed by atoms with van der Waals surface area (Å²) in [4.78, 5) is 17.8. The number of aromatic nitrogens is 3. The van der Waals surface area contributed by atoms with E-state index in [0.29, 0.717) is 26.8 Å². The van der Waals surface area contributed by atoms with Gasteiger partial charge in [0.1, 0.15) is 0 Å². The van der Waals surface area contributed by atoms with Crippen molar-refractivity contribution in [3.05, 3.63) is 68.5 Å². The molecule has 6 nitrogen and oxygen atoms in total.